The Kier molecular flexibility index (Phi) is 3.74. The predicted octanol–water partition coefficient (Wildman–Crippen LogP) is 2.70. The highest BCUT2D eigenvalue weighted by molar-refractivity contribution is 9.10. The molecule has 0 saturated heterocycles. The van der Waals surface area contributed by atoms with Gasteiger partial charge in [0, 0.05) is 29.8 Å². The molecule has 0 amide bonds. The van der Waals surface area contributed by atoms with Crippen LogP contribution in [-0.2, 0) is 4.79 Å². The maximum absolute atomic E-state index is 11.0. The smallest absolute Gasteiger partial charge is 0.310 e. The Labute approximate surface area is 97.8 Å². The second kappa shape index (κ2) is 4.66. The normalized spacial score (nSPS) is 12.3. The van der Waals surface area contributed by atoms with Crippen molar-refractivity contribution in [1.29, 1.82) is 0 Å². The molecule has 0 heterocycles. The lowest BCUT2D eigenvalue weighted by Crippen LogP contribution is -2.16. The summed E-state index contributed by atoms with van der Waals surface area (Å²) in [6.07, 6.45) is 0. The highest BCUT2D eigenvalue weighted by atomic mass is 79.9. The number of aliphatic carboxylic acids is 1. The fourth-order valence-corrected chi connectivity index (χ4v) is 2.17. The SMILES string of the molecule is CC(C(=O)O)c1c(Br)cccc1N(C)C. The van der Waals surface area contributed by atoms with Gasteiger partial charge in [-0.25, -0.2) is 0 Å². The molecule has 0 aliphatic carbocycles. The van der Waals surface area contributed by atoms with Crippen LogP contribution in [0.3, 0.4) is 0 Å². The van der Waals surface area contributed by atoms with Gasteiger partial charge in [0.25, 0.3) is 0 Å². The van der Waals surface area contributed by atoms with E-state index in [0.717, 1.165) is 15.7 Å². The average Bonchev–Trinajstić information content (AvgIpc) is 2.16. The van der Waals surface area contributed by atoms with Crippen LogP contribution in [0.15, 0.2) is 22.7 Å². The molecule has 0 bridgehead atoms. The molecular formula is C11H14BrNO2. The summed E-state index contributed by atoms with van der Waals surface area (Å²) in [5, 5.41) is 9.03. The summed E-state index contributed by atoms with van der Waals surface area (Å²) in [5.74, 6) is -1.33. The van der Waals surface area contributed by atoms with Gasteiger partial charge in [-0.15, -0.1) is 0 Å². The zero-order valence-electron chi connectivity index (χ0n) is 8.99. The van der Waals surface area contributed by atoms with Crippen LogP contribution in [0.4, 0.5) is 5.69 Å². The van der Waals surface area contributed by atoms with E-state index >= 15 is 0 Å². The fraction of sp³-hybridized carbons (Fsp3) is 0.364. The Morgan fingerprint density at radius 2 is 2.07 bits per heavy atom. The number of anilines is 1. The molecule has 1 aromatic rings. The van der Waals surface area contributed by atoms with E-state index in [1.54, 1.807) is 6.92 Å². The first-order valence-electron chi connectivity index (χ1n) is 4.63. The van der Waals surface area contributed by atoms with Gasteiger partial charge in [-0.05, 0) is 19.1 Å². The lowest BCUT2D eigenvalue weighted by atomic mass is 9.99. The van der Waals surface area contributed by atoms with Gasteiger partial charge in [-0.1, -0.05) is 22.0 Å². The number of carboxylic acids is 1. The molecule has 4 heteroatoms. The molecule has 1 rings (SSSR count). The zero-order valence-corrected chi connectivity index (χ0v) is 10.6. The largest absolute Gasteiger partial charge is 0.481 e. The van der Waals surface area contributed by atoms with Crippen molar-refractivity contribution < 1.29 is 9.90 Å². The quantitative estimate of drug-likeness (QED) is 0.919. The van der Waals surface area contributed by atoms with Crippen LogP contribution >= 0.6 is 15.9 Å². The van der Waals surface area contributed by atoms with E-state index in [1.165, 1.54) is 0 Å². The molecule has 0 aliphatic heterocycles. The van der Waals surface area contributed by atoms with Crippen LogP contribution in [0.5, 0.6) is 0 Å². The maximum atomic E-state index is 11.0. The minimum absolute atomic E-state index is 0.516. The van der Waals surface area contributed by atoms with E-state index < -0.39 is 11.9 Å². The molecule has 15 heavy (non-hydrogen) atoms. The van der Waals surface area contributed by atoms with Gasteiger partial charge in [0.05, 0.1) is 5.92 Å². The van der Waals surface area contributed by atoms with Crippen LogP contribution in [0.25, 0.3) is 0 Å². The minimum Gasteiger partial charge on any atom is -0.481 e. The lowest BCUT2D eigenvalue weighted by molar-refractivity contribution is -0.138. The van der Waals surface area contributed by atoms with Gasteiger partial charge in [-0.2, -0.15) is 0 Å². The second-order valence-corrected chi connectivity index (χ2v) is 4.48. The highest BCUT2D eigenvalue weighted by Gasteiger charge is 2.20. The number of rotatable bonds is 3. The highest BCUT2D eigenvalue weighted by Crippen LogP contribution is 2.33. The molecule has 0 saturated carbocycles. The molecule has 1 aromatic carbocycles. The molecule has 0 radical (unpaired) electrons. The first-order valence-corrected chi connectivity index (χ1v) is 5.43. The first-order chi connectivity index (χ1) is 6.95. The van der Waals surface area contributed by atoms with Gasteiger partial charge < -0.3 is 10.0 Å². The zero-order chi connectivity index (χ0) is 11.6. The van der Waals surface area contributed by atoms with Crippen molar-refractivity contribution >= 4 is 27.6 Å². The first kappa shape index (κ1) is 12.0. The lowest BCUT2D eigenvalue weighted by Gasteiger charge is -2.20. The van der Waals surface area contributed by atoms with E-state index in [1.807, 2.05) is 37.2 Å². The van der Waals surface area contributed by atoms with Crippen LogP contribution in [0, 0.1) is 0 Å². The Balaban J connectivity index is 3.30. The summed E-state index contributed by atoms with van der Waals surface area (Å²) >= 11 is 3.39. The summed E-state index contributed by atoms with van der Waals surface area (Å²) in [6, 6.07) is 5.68. The summed E-state index contributed by atoms with van der Waals surface area (Å²) < 4.78 is 0.837. The van der Waals surface area contributed by atoms with Crippen LogP contribution in [0.2, 0.25) is 0 Å². The molecule has 1 unspecified atom stereocenters. The standard InChI is InChI=1S/C11H14BrNO2/c1-7(11(14)15)10-8(12)5-4-6-9(10)13(2)3/h4-7H,1-3H3,(H,14,15). The Morgan fingerprint density at radius 3 is 2.53 bits per heavy atom. The van der Waals surface area contributed by atoms with Crippen molar-refractivity contribution in [2.75, 3.05) is 19.0 Å². The fourth-order valence-electron chi connectivity index (χ4n) is 1.47. The third-order valence-corrected chi connectivity index (χ3v) is 3.01. The van der Waals surface area contributed by atoms with Crippen molar-refractivity contribution in [3.8, 4) is 0 Å². The second-order valence-electron chi connectivity index (χ2n) is 3.63. The molecule has 0 spiro atoms. The van der Waals surface area contributed by atoms with Crippen LogP contribution < -0.4 is 4.90 Å². The van der Waals surface area contributed by atoms with E-state index in [0.29, 0.717) is 0 Å². The van der Waals surface area contributed by atoms with Crippen molar-refractivity contribution in [2.24, 2.45) is 0 Å². The molecule has 0 aliphatic rings. The van der Waals surface area contributed by atoms with E-state index in [2.05, 4.69) is 15.9 Å². The third-order valence-electron chi connectivity index (χ3n) is 2.32. The summed E-state index contributed by atoms with van der Waals surface area (Å²) in [6.45, 7) is 1.69. The third kappa shape index (κ3) is 2.50. The number of hydrogen-bond donors (Lipinski definition) is 1. The topological polar surface area (TPSA) is 40.5 Å². The van der Waals surface area contributed by atoms with Gasteiger partial charge in [0.2, 0.25) is 0 Å². The van der Waals surface area contributed by atoms with Crippen molar-refractivity contribution in [3.05, 3.63) is 28.2 Å². The number of carboxylic acid groups (broad SMARTS) is 1. The predicted molar refractivity (Wildman–Crippen MR) is 64.5 cm³/mol. The summed E-state index contributed by atoms with van der Waals surface area (Å²) in [5.41, 5.74) is 1.74. The molecule has 1 N–H and O–H groups in total. The van der Waals surface area contributed by atoms with Crippen molar-refractivity contribution in [2.45, 2.75) is 12.8 Å². The molecule has 0 fully saturated rings. The van der Waals surface area contributed by atoms with Gasteiger partial charge >= 0.3 is 5.97 Å². The van der Waals surface area contributed by atoms with E-state index in [4.69, 9.17) is 5.11 Å². The van der Waals surface area contributed by atoms with Crippen LogP contribution in [0.1, 0.15) is 18.4 Å². The maximum Gasteiger partial charge on any atom is 0.310 e. The molecular weight excluding hydrogens is 258 g/mol. The molecule has 1 atom stereocenters. The van der Waals surface area contributed by atoms with Gasteiger partial charge in [0.1, 0.15) is 0 Å². The molecule has 3 nitrogen and oxygen atoms in total. The number of nitrogens with zero attached hydrogens (tertiary/aromatic N) is 1. The number of hydrogen-bond acceptors (Lipinski definition) is 2. The van der Waals surface area contributed by atoms with Crippen molar-refractivity contribution in [3.63, 3.8) is 0 Å². The van der Waals surface area contributed by atoms with Gasteiger partial charge in [0.15, 0.2) is 0 Å². The average molecular weight is 272 g/mol. The Bertz CT molecular complexity index is 377. The molecule has 82 valence electrons. The minimum atomic E-state index is -0.815. The Hall–Kier alpha value is -1.03. The number of benzene rings is 1. The summed E-state index contributed by atoms with van der Waals surface area (Å²) in [7, 11) is 3.81. The van der Waals surface area contributed by atoms with E-state index in [-0.39, 0.29) is 0 Å². The van der Waals surface area contributed by atoms with Gasteiger partial charge in [-0.3, -0.25) is 4.79 Å². The monoisotopic (exact) mass is 271 g/mol. The van der Waals surface area contributed by atoms with Crippen molar-refractivity contribution in [1.82, 2.24) is 0 Å². The number of halogens is 1. The Morgan fingerprint density at radius 1 is 1.47 bits per heavy atom. The van der Waals surface area contributed by atoms with Crippen LogP contribution in [-0.4, -0.2) is 25.2 Å². The molecule has 0 aromatic heterocycles. The van der Waals surface area contributed by atoms with E-state index in [9.17, 15) is 4.79 Å². The number of carbonyl (C=O) groups is 1. The summed E-state index contributed by atoms with van der Waals surface area (Å²) in [4.78, 5) is 12.9.